The van der Waals surface area contributed by atoms with Crippen molar-refractivity contribution < 1.29 is 4.42 Å². The van der Waals surface area contributed by atoms with Gasteiger partial charge in [-0.05, 0) is 43.0 Å². The van der Waals surface area contributed by atoms with Gasteiger partial charge < -0.3 is 9.32 Å². The van der Waals surface area contributed by atoms with E-state index in [1.807, 2.05) is 18.3 Å². The summed E-state index contributed by atoms with van der Waals surface area (Å²) in [6.07, 6.45) is 7.44. The first-order chi connectivity index (χ1) is 9.42. The van der Waals surface area contributed by atoms with Gasteiger partial charge in [-0.3, -0.25) is 0 Å². The lowest BCUT2D eigenvalue weighted by Crippen LogP contribution is -2.29. The third-order valence-electron chi connectivity index (χ3n) is 3.46. The summed E-state index contributed by atoms with van der Waals surface area (Å²) in [6, 6.07) is 12.3. The zero-order valence-corrected chi connectivity index (χ0v) is 11.0. The number of furan rings is 1. The SMILES string of the molecule is C(=Nc1ccco1)c1ccc(N2CCCCC2)cc1. The van der Waals surface area contributed by atoms with E-state index >= 15 is 0 Å². The molecule has 0 amide bonds. The topological polar surface area (TPSA) is 28.7 Å². The molecule has 1 aromatic heterocycles. The molecule has 1 saturated heterocycles. The highest BCUT2D eigenvalue weighted by Gasteiger charge is 2.10. The maximum atomic E-state index is 5.17. The summed E-state index contributed by atoms with van der Waals surface area (Å²) in [5.74, 6) is 0.639. The van der Waals surface area contributed by atoms with Crippen molar-refractivity contribution in [2.24, 2.45) is 4.99 Å². The van der Waals surface area contributed by atoms with Crippen molar-refractivity contribution in [3.8, 4) is 0 Å². The Kier molecular flexibility index (Phi) is 3.63. The normalized spacial score (nSPS) is 16.1. The molecule has 1 fully saturated rings. The van der Waals surface area contributed by atoms with Crippen LogP contribution in [-0.4, -0.2) is 19.3 Å². The molecular formula is C16H18N2O. The van der Waals surface area contributed by atoms with E-state index < -0.39 is 0 Å². The Balaban J connectivity index is 1.68. The summed E-state index contributed by atoms with van der Waals surface area (Å²) >= 11 is 0. The van der Waals surface area contributed by atoms with Gasteiger partial charge in [-0.25, -0.2) is 4.99 Å². The number of anilines is 1. The lowest BCUT2D eigenvalue weighted by Gasteiger charge is -2.28. The van der Waals surface area contributed by atoms with Crippen molar-refractivity contribution in [3.05, 3.63) is 48.2 Å². The van der Waals surface area contributed by atoms with Crippen molar-refractivity contribution in [1.29, 1.82) is 0 Å². The molecule has 0 saturated carbocycles. The van der Waals surface area contributed by atoms with Crippen LogP contribution in [-0.2, 0) is 0 Å². The van der Waals surface area contributed by atoms with E-state index in [1.165, 1.54) is 38.0 Å². The standard InChI is InChI=1S/C16H18N2O/c1-2-10-18(11-3-1)15-8-6-14(7-9-15)13-17-16-5-4-12-19-16/h4-9,12-13H,1-3,10-11H2. The monoisotopic (exact) mass is 254 g/mol. The summed E-state index contributed by atoms with van der Waals surface area (Å²) in [5.41, 5.74) is 2.41. The molecular weight excluding hydrogens is 236 g/mol. The number of aliphatic imine (C=N–C) groups is 1. The van der Waals surface area contributed by atoms with Crippen molar-refractivity contribution in [3.63, 3.8) is 0 Å². The van der Waals surface area contributed by atoms with E-state index in [2.05, 4.69) is 34.2 Å². The minimum Gasteiger partial charge on any atom is -0.447 e. The Morgan fingerprint density at radius 1 is 1.00 bits per heavy atom. The van der Waals surface area contributed by atoms with E-state index in [0.29, 0.717) is 5.88 Å². The predicted molar refractivity (Wildman–Crippen MR) is 78.5 cm³/mol. The fourth-order valence-corrected chi connectivity index (χ4v) is 2.40. The molecule has 0 aliphatic carbocycles. The van der Waals surface area contributed by atoms with E-state index in [1.54, 1.807) is 6.26 Å². The van der Waals surface area contributed by atoms with Crippen LogP contribution in [0.5, 0.6) is 0 Å². The molecule has 0 spiro atoms. The summed E-state index contributed by atoms with van der Waals surface area (Å²) in [5, 5.41) is 0. The van der Waals surface area contributed by atoms with Crippen LogP contribution >= 0.6 is 0 Å². The van der Waals surface area contributed by atoms with Crippen LogP contribution in [0.2, 0.25) is 0 Å². The molecule has 0 unspecified atom stereocenters. The van der Waals surface area contributed by atoms with Gasteiger partial charge in [0.25, 0.3) is 0 Å². The molecule has 1 aliphatic rings. The second kappa shape index (κ2) is 5.74. The smallest absolute Gasteiger partial charge is 0.218 e. The zero-order valence-electron chi connectivity index (χ0n) is 11.0. The molecule has 3 rings (SSSR count). The van der Waals surface area contributed by atoms with E-state index in [9.17, 15) is 0 Å². The Hall–Kier alpha value is -2.03. The van der Waals surface area contributed by atoms with Crippen molar-refractivity contribution in [2.75, 3.05) is 18.0 Å². The fraction of sp³-hybridized carbons (Fsp3) is 0.312. The predicted octanol–water partition coefficient (Wildman–Crippen LogP) is 4.02. The average Bonchev–Trinajstić information content (AvgIpc) is 3.00. The number of nitrogens with zero attached hydrogens (tertiary/aromatic N) is 2. The van der Waals surface area contributed by atoms with E-state index in [4.69, 9.17) is 4.42 Å². The van der Waals surface area contributed by atoms with Gasteiger partial charge in [-0.2, -0.15) is 0 Å². The summed E-state index contributed by atoms with van der Waals surface area (Å²) in [4.78, 5) is 6.73. The molecule has 1 aromatic carbocycles. The van der Waals surface area contributed by atoms with Gasteiger partial charge in [0.05, 0.1) is 6.26 Å². The first kappa shape index (κ1) is 12.0. The van der Waals surface area contributed by atoms with Gasteiger partial charge in [-0.1, -0.05) is 12.1 Å². The maximum Gasteiger partial charge on any atom is 0.218 e. The second-order valence-electron chi connectivity index (χ2n) is 4.85. The number of benzene rings is 1. The van der Waals surface area contributed by atoms with E-state index in [-0.39, 0.29) is 0 Å². The Bertz CT molecular complexity index is 522. The van der Waals surface area contributed by atoms with Gasteiger partial charge in [0.1, 0.15) is 0 Å². The van der Waals surface area contributed by atoms with Gasteiger partial charge in [0.15, 0.2) is 0 Å². The van der Waals surface area contributed by atoms with Crippen LogP contribution in [0.3, 0.4) is 0 Å². The molecule has 0 radical (unpaired) electrons. The van der Waals surface area contributed by atoms with Gasteiger partial charge in [0, 0.05) is 31.1 Å². The fourth-order valence-electron chi connectivity index (χ4n) is 2.40. The quantitative estimate of drug-likeness (QED) is 0.774. The van der Waals surface area contributed by atoms with Crippen LogP contribution < -0.4 is 4.90 Å². The van der Waals surface area contributed by atoms with Crippen molar-refractivity contribution in [1.82, 2.24) is 0 Å². The summed E-state index contributed by atoms with van der Waals surface area (Å²) in [7, 11) is 0. The largest absolute Gasteiger partial charge is 0.447 e. The van der Waals surface area contributed by atoms with Crippen LogP contribution in [0, 0.1) is 0 Å². The third kappa shape index (κ3) is 3.05. The van der Waals surface area contributed by atoms with Crippen LogP contribution in [0.1, 0.15) is 24.8 Å². The number of hydrogen-bond donors (Lipinski definition) is 0. The number of hydrogen-bond acceptors (Lipinski definition) is 3. The average molecular weight is 254 g/mol. The van der Waals surface area contributed by atoms with Gasteiger partial charge >= 0.3 is 0 Å². The number of piperidine rings is 1. The van der Waals surface area contributed by atoms with Crippen LogP contribution in [0.4, 0.5) is 11.6 Å². The highest BCUT2D eigenvalue weighted by atomic mass is 16.3. The molecule has 2 heterocycles. The number of rotatable bonds is 3. The van der Waals surface area contributed by atoms with Crippen molar-refractivity contribution >= 4 is 17.8 Å². The summed E-state index contributed by atoms with van der Waals surface area (Å²) in [6.45, 7) is 2.36. The van der Waals surface area contributed by atoms with Crippen LogP contribution in [0.15, 0.2) is 52.1 Å². The Labute approximate surface area is 113 Å². The Morgan fingerprint density at radius 2 is 1.79 bits per heavy atom. The minimum atomic E-state index is 0.639. The molecule has 19 heavy (non-hydrogen) atoms. The third-order valence-corrected chi connectivity index (χ3v) is 3.46. The van der Waals surface area contributed by atoms with Gasteiger partial charge in [-0.15, -0.1) is 0 Å². The lowest BCUT2D eigenvalue weighted by molar-refractivity contribution is 0.578. The highest BCUT2D eigenvalue weighted by Crippen LogP contribution is 2.20. The second-order valence-corrected chi connectivity index (χ2v) is 4.85. The molecule has 98 valence electrons. The summed E-state index contributed by atoms with van der Waals surface area (Å²) < 4.78 is 5.17. The highest BCUT2D eigenvalue weighted by molar-refractivity contribution is 5.82. The molecule has 1 aliphatic heterocycles. The zero-order chi connectivity index (χ0) is 12.9. The maximum absolute atomic E-state index is 5.17. The molecule has 3 nitrogen and oxygen atoms in total. The molecule has 0 bridgehead atoms. The van der Waals surface area contributed by atoms with Gasteiger partial charge in [0.2, 0.25) is 5.88 Å². The first-order valence-corrected chi connectivity index (χ1v) is 6.84. The molecule has 2 aromatic rings. The minimum absolute atomic E-state index is 0.639. The lowest BCUT2D eigenvalue weighted by atomic mass is 10.1. The molecule has 3 heteroatoms. The Morgan fingerprint density at radius 3 is 2.47 bits per heavy atom. The van der Waals surface area contributed by atoms with Crippen molar-refractivity contribution in [2.45, 2.75) is 19.3 Å². The van der Waals surface area contributed by atoms with E-state index in [0.717, 1.165) is 5.56 Å². The van der Waals surface area contributed by atoms with Crippen LogP contribution in [0.25, 0.3) is 0 Å². The first-order valence-electron chi connectivity index (χ1n) is 6.84. The molecule has 0 N–H and O–H groups in total. The molecule has 0 atom stereocenters.